The highest BCUT2D eigenvalue weighted by molar-refractivity contribution is 7.87. The normalized spacial score (nSPS) is 11.4. The third-order valence-electron chi connectivity index (χ3n) is 1.54. The lowest BCUT2D eigenvalue weighted by molar-refractivity contribution is 0.212. The van der Waals surface area contributed by atoms with Crippen LogP contribution in [0, 0.1) is 6.92 Å². The fraction of sp³-hybridized carbons (Fsp3) is 0.333. The quantitative estimate of drug-likeness (QED) is 0.757. The van der Waals surface area contributed by atoms with Crippen molar-refractivity contribution in [2.45, 2.75) is 11.8 Å². The molecule has 0 spiro atoms. The van der Waals surface area contributed by atoms with Gasteiger partial charge in [0.25, 0.3) is 0 Å². The van der Waals surface area contributed by atoms with Crippen LogP contribution in [0.2, 0.25) is 5.15 Å². The Morgan fingerprint density at radius 1 is 1.60 bits per heavy atom. The molecule has 0 fully saturated rings. The third kappa shape index (κ3) is 2.21. The molecule has 0 aliphatic rings. The predicted molar refractivity (Wildman–Crippen MR) is 50.8 cm³/mol. The van der Waals surface area contributed by atoms with E-state index in [1.807, 2.05) is 0 Å². The zero-order valence-corrected chi connectivity index (χ0v) is 9.46. The van der Waals surface area contributed by atoms with Crippen molar-refractivity contribution in [3.05, 3.63) is 10.8 Å². The van der Waals surface area contributed by atoms with Crippen LogP contribution in [0.5, 0.6) is 0 Å². The summed E-state index contributed by atoms with van der Waals surface area (Å²) in [5, 5.41) is 3.61. The Morgan fingerprint density at radius 3 is 2.47 bits per heavy atom. The van der Waals surface area contributed by atoms with Crippen LogP contribution < -0.4 is 5.73 Å². The van der Waals surface area contributed by atoms with Crippen LogP contribution in [-0.2, 0) is 21.3 Å². The Balaban J connectivity index is 3.33. The van der Waals surface area contributed by atoms with E-state index in [4.69, 9.17) is 11.6 Å². The highest BCUT2D eigenvalue weighted by atomic mass is 35.5. The number of carbonyl (C=O) groups excluding carboxylic acids is 1. The van der Waals surface area contributed by atoms with E-state index in [1.54, 1.807) is 0 Å². The van der Waals surface area contributed by atoms with Crippen molar-refractivity contribution in [1.29, 1.82) is 0 Å². The van der Waals surface area contributed by atoms with Crippen molar-refractivity contribution < 1.29 is 17.4 Å². The smallest absolute Gasteiger partial charge is 0.334 e. The van der Waals surface area contributed by atoms with Gasteiger partial charge in [-0.05, 0) is 6.92 Å². The second-order valence-corrected chi connectivity index (χ2v) is 4.53. The van der Waals surface area contributed by atoms with Crippen molar-refractivity contribution in [3.8, 4) is 0 Å². The van der Waals surface area contributed by atoms with Crippen LogP contribution in [0.3, 0.4) is 0 Å². The van der Waals surface area contributed by atoms with E-state index in [0.717, 1.165) is 4.68 Å². The Hall–Kier alpha value is -1.28. The molecule has 15 heavy (non-hydrogen) atoms. The molecule has 1 heterocycles. The third-order valence-corrected chi connectivity index (χ3v) is 3.46. The molecule has 0 aliphatic carbocycles. The fourth-order valence-electron chi connectivity index (χ4n) is 1.04. The first-order valence-electron chi connectivity index (χ1n) is 3.68. The molecule has 0 radical (unpaired) electrons. The number of aryl methyl sites for hydroxylation is 2. The number of primary amides is 1. The number of hydrogen-bond acceptors (Lipinski definition) is 5. The molecular formula is C6H8ClN3O4S. The van der Waals surface area contributed by atoms with Crippen LogP contribution in [0.1, 0.15) is 5.69 Å². The molecule has 7 nitrogen and oxygen atoms in total. The summed E-state index contributed by atoms with van der Waals surface area (Å²) in [6.07, 6.45) is -1.42. The maximum Gasteiger partial charge on any atom is 0.420 e. The lowest BCUT2D eigenvalue weighted by Gasteiger charge is -2.01. The molecule has 0 aromatic carbocycles. The van der Waals surface area contributed by atoms with E-state index in [1.165, 1.54) is 14.0 Å². The van der Waals surface area contributed by atoms with Crippen LogP contribution in [0.4, 0.5) is 4.79 Å². The molecule has 0 saturated heterocycles. The number of carbonyl (C=O) groups is 1. The maximum atomic E-state index is 11.4. The second kappa shape index (κ2) is 3.70. The molecule has 1 rings (SSSR count). The van der Waals surface area contributed by atoms with Gasteiger partial charge in [-0.1, -0.05) is 11.6 Å². The molecule has 1 aromatic heterocycles. The summed E-state index contributed by atoms with van der Waals surface area (Å²) in [5.74, 6) is 0. The standard InChI is InChI=1S/C6H8ClN3O4S/c1-3-4(5(7)10(2)9-3)15(12,13)14-6(8)11/h1-2H3,(H2,8,11). The van der Waals surface area contributed by atoms with Gasteiger partial charge in [-0.3, -0.25) is 4.68 Å². The van der Waals surface area contributed by atoms with Gasteiger partial charge in [0.2, 0.25) is 0 Å². The number of nitrogens with zero attached hydrogens (tertiary/aromatic N) is 2. The van der Waals surface area contributed by atoms with Gasteiger partial charge in [-0.15, -0.1) is 0 Å². The SMILES string of the molecule is Cc1nn(C)c(Cl)c1S(=O)(=O)OC(N)=O. The lowest BCUT2D eigenvalue weighted by Crippen LogP contribution is -2.19. The van der Waals surface area contributed by atoms with Crippen LogP contribution in [0.25, 0.3) is 0 Å². The first-order valence-corrected chi connectivity index (χ1v) is 5.47. The highest BCUT2D eigenvalue weighted by Crippen LogP contribution is 2.25. The average molecular weight is 254 g/mol. The molecule has 9 heteroatoms. The minimum Gasteiger partial charge on any atom is -0.334 e. The van der Waals surface area contributed by atoms with E-state index in [0.29, 0.717) is 0 Å². The van der Waals surface area contributed by atoms with Crippen molar-refractivity contribution in [2.75, 3.05) is 0 Å². The maximum absolute atomic E-state index is 11.4. The predicted octanol–water partition coefficient (Wildman–Crippen LogP) is 0.166. The Kier molecular flexibility index (Phi) is 2.91. The van der Waals surface area contributed by atoms with Crippen molar-refractivity contribution in [1.82, 2.24) is 9.78 Å². The Labute approximate surface area is 90.9 Å². The van der Waals surface area contributed by atoms with E-state index < -0.39 is 16.2 Å². The van der Waals surface area contributed by atoms with Gasteiger partial charge in [0, 0.05) is 7.05 Å². The summed E-state index contributed by atoms with van der Waals surface area (Å²) in [4.78, 5) is 10.0. The van der Waals surface area contributed by atoms with Gasteiger partial charge in [-0.2, -0.15) is 13.5 Å². The lowest BCUT2D eigenvalue weighted by atomic mass is 10.5. The zero-order chi connectivity index (χ0) is 11.8. The summed E-state index contributed by atoms with van der Waals surface area (Å²) in [5.41, 5.74) is 4.74. The fourth-order valence-corrected chi connectivity index (χ4v) is 2.54. The average Bonchev–Trinajstić information content (AvgIpc) is 2.23. The van der Waals surface area contributed by atoms with Crippen LogP contribution >= 0.6 is 11.6 Å². The van der Waals surface area contributed by atoms with Gasteiger partial charge in [0.15, 0.2) is 4.90 Å². The summed E-state index contributed by atoms with van der Waals surface area (Å²) >= 11 is 5.67. The van der Waals surface area contributed by atoms with E-state index in [9.17, 15) is 13.2 Å². The molecule has 1 amide bonds. The number of halogens is 1. The minimum absolute atomic E-state index is 0.128. The van der Waals surface area contributed by atoms with Crippen LogP contribution in [0.15, 0.2) is 4.90 Å². The molecular weight excluding hydrogens is 246 g/mol. The highest BCUT2D eigenvalue weighted by Gasteiger charge is 2.28. The molecule has 0 aliphatic heterocycles. The topological polar surface area (TPSA) is 104 Å². The van der Waals surface area contributed by atoms with Crippen LogP contribution in [-0.4, -0.2) is 24.3 Å². The summed E-state index contributed by atoms with van der Waals surface area (Å²) in [6, 6.07) is 0. The molecule has 2 N–H and O–H groups in total. The van der Waals surface area contributed by atoms with E-state index in [-0.39, 0.29) is 15.7 Å². The Bertz CT molecular complexity index is 507. The molecule has 0 bridgehead atoms. The number of aromatic nitrogens is 2. The summed E-state index contributed by atoms with van der Waals surface area (Å²) in [7, 11) is -2.83. The van der Waals surface area contributed by atoms with Gasteiger partial charge in [0.1, 0.15) is 5.15 Å². The number of amides is 1. The largest absolute Gasteiger partial charge is 0.420 e. The van der Waals surface area contributed by atoms with Crippen molar-refractivity contribution in [3.63, 3.8) is 0 Å². The summed E-state index contributed by atoms with van der Waals surface area (Å²) < 4.78 is 28.0. The van der Waals surface area contributed by atoms with Gasteiger partial charge >= 0.3 is 16.2 Å². The molecule has 84 valence electrons. The first kappa shape index (κ1) is 11.8. The number of hydrogen-bond donors (Lipinski definition) is 1. The van der Waals surface area contributed by atoms with Crippen molar-refractivity contribution >= 4 is 27.8 Å². The summed E-state index contributed by atoms with van der Waals surface area (Å²) in [6.45, 7) is 1.42. The molecule has 0 atom stereocenters. The zero-order valence-electron chi connectivity index (χ0n) is 7.89. The molecule has 0 unspecified atom stereocenters. The number of nitrogens with two attached hydrogens (primary N) is 1. The number of rotatable bonds is 2. The van der Waals surface area contributed by atoms with E-state index >= 15 is 0 Å². The molecule has 1 aromatic rings. The Morgan fingerprint density at radius 2 is 2.13 bits per heavy atom. The van der Waals surface area contributed by atoms with Gasteiger partial charge < -0.3 is 9.92 Å². The second-order valence-electron chi connectivity index (χ2n) is 2.69. The van der Waals surface area contributed by atoms with Gasteiger partial charge in [0.05, 0.1) is 5.69 Å². The van der Waals surface area contributed by atoms with Crippen molar-refractivity contribution in [2.24, 2.45) is 12.8 Å². The monoisotopic (exact) mass is 253 g/mol. The van der Waals surface area contributed by atoms with Gasteiger partial charge in [-0.25, -0.2) is 4.79 Å². The molecule has 0 saturated carbocycles. The van der Waals surface area contributed by atoms with E-state index in [2.05, 4.69) is 15.0 Å². The first-order chi connectivity index (χ1) is 6.75. The minimum atomic E-state index is -4.29.